The molecule has 3 aromatic carbocycles. The number of aromatic nitrogens is 1. The molecule has 0 aliphatic rings. The number of rotatable bonds is 11. The van der Waals surface area contributed by atoms with Gasteiger partial charge in [0.05, 0.1) is 17.9 Å². The number of phenols is 1. The van der Waals surface area contributed by atoms with Gasteiger partial charge in [-0.1, -0.05) is 59.9 Å². The van der Waals surface area contributed by atoms with Gasteiger partial charge in [-0.25, -0.2) is 0 Å². The van der Waals surface area contributed by atoms with Gasteiger partial charge in [-0.05, 0) is 36.2 Å². The van der Waals surface area contributed by atoms with Crippen molar-refractivity contribution in [3.05, 3.63) is 92.6 Å². The molecule has 1 unspecified atom stereocenters. The largest absolute Gasteiger partial charge is 0.506 e. The molecule has 4 rings (SSSR count). The van der Waals surface area contributed by atoms with Crippen molar-refractivity contribution in [3.8, 4) is 11.5 Å². The molecule has 1 aromatic heterocycles. The molecule has 1 heterocycles. The highest BCUT2D eigenvalue weighted by molar-refractivity contribution is 7.16. The number of hydrogen-bond donors (Lipinski definition) is 5. The highest BCUT2D eigenvalue weighted by atomic mass is 35.5. The molecule has 5 N–H and O–H groups in total. The van der Waals surface area contributed by atoms with Crippen LogP contribution in [0.2, 0.25) is 0 Å². The molecular weight excluding hydrogens is 521 g/mol. The summed E-state index contributed by atoms with van der Waals surface area (Å²) in [6, 6.07) is 19.7. The van der Waals surface area contributed by atoms with Crippen molar-refractivity contribution in [1.29, 1.82) is 0 Å². The van der Waals surface area contributed by atoms with Gasteiger partial charge in [0, 0.05) is 30.8 Å². The van der Waals surface area contributed by atoms with Crippen molar-refractivity contribution in [3.63, 3.8) is 0 Å². The van der Waals surface area contributed by atoms with E-state index >= 15 is 0 Å². The maximum atomic E-state index is 11.7. The Labute approximate surface area is 226 Å². The lowest BCUT2D eigenvalue weighted by atomic mass is 10.1. The van der Waals surface area contributed by atoms with Gasteiger partial charge in [-0.15, -0.1) is 24.8 Å². The summed E-state index contributed by atoms with van der Waals surface area (Å²) >= 11 is 0.994. The van der Waals surface area contributed by atoms with E-state index < -0.39 is 6.10 Å². The summed E-state index contributed by atoms with van der Waals surface area (Å²) in [5.41, 5.74) is 4.57. The number of para-hydroxylation sites is 1. The number of methoxy groups -OCH3 is 1. The van der Waals surface area contributed by atoms with Crippen molar-refractivity contribution in [1.82, 2.24) is 15.6 Å². The smallest absolute Gasteiger partial charge is 0.305 e. The van der Waals surface area contributed by atoms with Crippen LogP contribution in [-0.4, -0.2) is 35.4 Å². The molecule has 7 nitrogen and oxygen atoms in total. The summed E-state index contributed by atoms with van der Waals surface area (Å²) in [6.45, 7) is 2.59. The first-order valence-corrected chi connectivity index (χ1v) is 12.0. The third-order valence-electron chi connectivity index (χ3n) is 5.74. The van der Waals surface area contributed by atoms with Crippen molar-refractivity contribution >= 4 is 46.4 Å². The molecule has 0 saturated carbocycles. The molecule has 0 spiro atoms. The Balaban J connectivity index is 0.00000228. The van der Waals surface area contributed by atoms with Gasteiger partial charge < -0.3 is 30.6 Å². The number of halogens is 2. The number of ether oxygens (including phenoxy) is 1. The zero-order valence-corrected chi connectivity index (χ0v) is 22.3. The predicted octanol–water partition coefficient (Wildman–Crippen LogP) is 4.30. The van der Waals surface area contributed by atoms with Crippen LogP contribution in [0.3, 0.4) is 0 Å². The Morgan fingerprint density at radius 3 is 2.44 bits per heavy atom. The minimum absolute atomic E-state index is 0. The summed E-state index contributed by atoms with van der Waals surface area (Å²) in [5.74, 6) is 0.900. The molecule has 0 fully saturated rings. The second kappa shape index (κ2) is 14.2. The molecule has 10 heteroatoms. The number of aliphatic hydroxyl groups excluding tert-OH is 1. The minimum atomic E-state index is -0.772. The van der Waals surface area contributed by atoms with Crippen LogP contribution in [0.25, 0.3) is 10.2 Å². The second-order valence-electron chi connectivity index (χ2n) is 8.09. The maximum absolute atomic E-state index is 11.7. The second-order valence-corrected chi connectivity index (χ2v) is 9.08. The van der Waals surface area contributed by atoms with E-state index in [9.17, 15) is 15.0 Å². The van der Waals surface area contributed by atoms with Gasteiger partial charge >= 0.3 is 4.87 Å². The van der Waals surface area contributed by atoms with Gasteiger partial charge in [0.15, 0.2) is 0 Å². The van der Waals surface area contributed by atoms with Crippen LogP contribution in [0.5, 0.6) is 11.5 Å². The fourth-order valence-corrected chi connectivity index (χ4v) is 4.82. The monoisotopic (exact) mass is 551 g/mol. The number of hydrogen-bond acceptors (Lipinski definition) is 7. The number of thiazole rings is 1. The Kier molecular flexibility index (Phi) is 11.7. The number of benzene rings is 3. The first kappa shape index (κ1) is 29.6. The number of nitrogens with one attached hydrogen (secondary N) is 3. The van der Waals surface area contributed by atoms with Gasteiger partial charge in [-0.2, -0.15) is 0 Å². The van der Waals surface area contributed by atoms with Crippen LogP contribution in [0.1, 0.15) is 28.4 Å². The van der Waals surface area contributed by atoms with Crippen molar-refractivity contribution in [2.24, 2.45) is 0 Å². The van der Waals surface area contributed by atoms with E-state index in [1.165, 1.54) is 17.2 Å². The van der Waals surface area contributed by atoms with Crippen molar-refractivity contribution in [2.75, 3.05) is 20.2 Å². The van der Waals surface area contributed by atoms with Crippen LogP contribution in [0.4, 0.5) is 0 Å². The average Bonchev–Trinajstić information content (AvgIpc) is 3.25. The standard InChI is InChI=1S/C26H29N3O4S.2ClH/c1-33-23-5-3-2-4-19(23)15-28-14-18-8-6-17(7-9-18)12-13-27-16-22(31)20-10-11-21(30)24-25(20)34-26(32)29-24;;/h2-11,22,27-28,30-31H,12-16H2,1H3,(H,29,32);2*1H. The summed E-state index contributed by atoms with van der Waals surface area (Å²) in [4.78, 5) is 14.0. The highest BCUT2D eigenvalue weighted by Crippen LogP contribution is 2.31. The normalized spacial score (nSPS) is 11.5. The number of H-pyrrole nitrogens is 1. The predicted molar refractivity (Wildman–Crippen MR) is 150 cm³/mol. The number of phenolic OH excluding ortho intramolecular Hbond substituents is 1. The minimum Gasteiger partial charge on any atom is -0.506 e. The lowest BCUT2D eigenvalue weighted by Crippen LogP contribution is -2.23. The lowest BCUT2D eigenvalue weighted by Gasteiger charge is -2.13. The Bertz CT molecular complexity index is 1290. The molecule has 1 atom stereocenters. The van der Waals surface area contributed by atoms with Crippen molar-refractivity contribution < 1.29 is 14.9 Å². The van der Waals surface area contributed by atoms with E-state index in [2.05, 4.69) is 45.9 Å². The number of aliphatic hydroxyl groups is 1. The van der Waals surface area contributed by atoms with Crippen LogP contribution in [-0.2, 0) is 19.5 Å². The molecule has 0 amide bonds. The third kappa shape index (κ3) is 7.46. The fraction of sp³-hybridized carbons (Fsp3) is 0.269. The van der Waals surface area contributed by atoms with Crippen LogP contribution in [0.15, 0.2) is 65.5 Å². The fourth-order valence-electron chi connectivity index (χ4n) is 3.90. The quantitative estimate of drug-likeness (QED) is 0.178. The summed E-state index contributed by atoms with van der Waals surface area (Å²) in [6.07, 6.45) is 0.0654. The van der Waals surface area contributed by atoms with E-state index in [1.807, 2.05) is 18.2 Å². The maximum Gasteiger partial charge on any atom is 0.305 e. The van der Waals surface area contributed by atoms with Gasteiger partial charge in [0.25, 0.3) is 0 Å². The Morgan fingerprint density at radius 2 is 1.69 bits per heavy atom. The molecule has 36 heavy (non-hydrogen) atoms. The van der Waals surface area contributed by atoms with Crippen LogP contribution in [0, 0.1) is 0 Å². The van der Waals surface area contributed by atoms with Gasteiger partial charge in [0.1, 0.15) is 17.0 Å². The van der Waals surface area contributed by atoms with E-state index in [4.69, 9.17) is 4.74 Å². The number of aromatic amines is 1. The molecule has 194 valence electrons. The van der Waals surface area contributed by atoms with E-state index in [0.29, 0.717) is 28.9 Å². The molecule has 0 radical (unpaired) electrons. The highest BCUT2D eigenvalue weighted by Gasteiger charge is 2.15. The Morgan fingerprint density at radius 1 is 0.972 bits per heavy atom. The molecular formula is C26H31Cl2N3O4S. The van der Waals surface area contributed by atoms with Gasteiger partial charge in [-0.3, -0.25) is 4.79 Å². The number of fused-ring (bicyclic) bond motifs is 1. The number of aromatic hydroxyl groups is 1. The zero-order chi connectivity index (χ0) is 23.9. The first-order chi connectivity index (χ1) is 16.5. The third-order valence-corrected chi connectivity index (χ3v) is 6.67. The molecule has 4 aromatic rings. The van der Waals surface area contributed by atoms with E-state index in [1.54, 1.807) is 13.2 Å². The summed E-state index contributed by atoms with van der Waals surface area (Å²) in [5, 5.41) is 27.2. The van der Waals surface area contributed by atoms with Gasteiger partial charge in [0.2, 0.25) is 0 Å². The molecule has 0 bridgehead atoms. The van der Waals surface area contributed by atoms with Crippen LogP contribution < -0.4 is 20.2 Å². The molecule has 0 saturated heterocycles. The zero-order valence-electron chi connectivity index (χ0n) is 19.8. The summed E-state index contributed by atoms with van der Waals surface area (Å²) < 4.78 is 5.98. The first-order valence-electron chi connectivity index (χ1n) is 11.2. The average molecular weight is 553 g/mol. The van der Waals surface area contributed by atoms with Crippen molar-refractivity contribution in [2.45, 2.75) is 25.6 Å². The topological polar surface area (TPSA) is 107 Å². The summed E-state index contributed by atoms with van der Waals surface area (Å²) in [7, 11) is 1.69. The lowest BCUT2D eigenvalue weighted by molar-refractivity contribution is 0.176. The molecule has 0 aliphatic carbocycles. The van der Waals surface area contributed by atoms with E-state index in [-0.39, 0.29) is 35.4 Å². The van der Waals surface area contributed by atoms with E-state index in [0.717, 1.165) is 42.2 Å². The Hall–Kier alpha value is -2.59. The SMILES string of the molecule is COc1ccccc1CNCc1ccc(CCNCC(O)c2ccc(O)c3[nH]c(=O)sc23)cc1.Cl.Cl. The van der Waals surface area contributed by atoms with Crippen LogP contribution >= 0.6 is 36.2 Å². The molecule has 0 aliphatic heterocycles.